The van der Waals surface area contributed by atoms with Crippen molar-refractivity contribution in [2.24, 2.45) is 11.3 Å². The van der Waals surface area contributed by atoms with Crippen molar-refractivity contribution in [3.05, 3.63) is 16.1 Å². The highest BCUT2D eigenvalue weighted by molar-refractivity contribution is 7.09. The Morgan fingerprint density at radius 1 is 1.32 bits per heavy atom. The molecule has 1 aromatic rings. The summed E-state index contributed by atoms with van der Waals surface area (Å²) in [5.74, 6) is 0.806. The van der Waals surface area contributed by atoms with Crippen LogP contribution in [-0.4, -0.2) is 11.5 Å². The van der Waals surface area contributed by atoms with Crippen molar-refractivity contribution in [1.29, 1.82) is 0 Å². The molecule has 1 atom stereocenters. The van der Waals surface area contributed by atoms with E-state index in [0.717, 1.165) is 5.92 Å². The van der Waals surface area contributed by atoms with Crippen LogP contribution in [0.3, 0.4) is 0 Å². The van der Waals surface area contributed by atoms with Gasteiger partial charge in [0.2, 0.25) is 0 Å². The van der Waals surface area contributed by atoms with Crippen molar-refractivity contribution in [3.8, 4) is 0 Å². The fourth-order valence-corrected chi connectivity index (χ4v) is 4.47. The van der Waals surface area contributed by atoms with Crippen LogP contribution in [0.1, 0.15) is 69.5 Å². The van der Waals surface area contributed by atoms with E-state index in [1.54, 1.807) is 11.3 Å². The number of nitrogens with one attached hydrogen (secondary N) is 1. The van der Waals surface area contributed by atoms with Crippen molar-refractivity contribution in [2.75, 3.05) is 6.54 Å². The Morgan fingerprint density at radius 2 is 2.00 bits per heavy atom. The van der Waals surface area contributed by atoms with Crippen LogP contribution in [0, 0.1) is 18.3 Å². The predicted molar refractivity (Wildman–Crippen MR) is 83.6 cm³/mol. The predicted octanol–water partition coefficient (Wildman–Crippen LogP) is 4.71. The molecule has 1 aromatic heterocycles. The number of hydrogen-bond donors (Lipinski definition) is 1. The summed E-state index contributed by atoms with van der Waals surface area (Å²) in [6.45, 7) is 10.3. The fourth-order valence-electron chi connectivity index (χ4n) is 3.63. The molecule has 0 spiro atoms. The fraction of sp³-hybridized carbons (Fsp3) is 0.812. The molecule has 0 amide bonds. The molecule has 1 unspecified atom stereocenters. The summed E-state index contributed by atoms with van der Waals surface area (Å²) in [5, 5.41) is 3.78. The van der Waals surface area contributed by atoms with Crippen molar-refractivity contribution in [1.82, 2.24) is 10.3 Å². The second kappa shape index (κ2) is 6.36. The standard InChI is InChI=1S/C16H28N2S/c1-12(2)9-16(7-5-6-8-16)10-17-13(3)15-14(4)18-11-19-15/h11-13,17H,5-10H2,1-4H3. The van der Waals surface area contributed by atoms with Crippen LogP contribution in [0.15, 0.2) is 5.51 Å². The monoisotopic (exact) mass is 280 g/mol. The highest BCUT2D eigenvalue weighted by Crippen LogP contribution is 2.43. The first-order valence-electron chi connectivity index (χ1n) is 7.66. The van der Waals surface area contributed by atoms with Crippen LogP contribution in [0.25, 0.3) is 0 Å². The van der Waals surface area contributed by atoms with Crippen molar-refractivity contribution in [2.45, 2.75) is 65.8 Å². The molecule has 2 rings (SSSR count). The molecule has 2 nitrogen and oxygen atoms in total. The molecule has 108 valence electrons. The molecule has 1 N–H and O–H groups in total. The van der Waals surface area contributed by atoms with E-state index in [2.05, 4.69) is 38.0 Å². The number of hydrogen-bond acceptors (Lipinski definition) is 3. The van der Waals surface area contributed by atoms with Crippen molar-refractivity contribution < 1.29 is 0 Å². The van der Waals surface area contributed by atoms with E-state index in [1.165, 1.54) is 49.2 Å². The maximum absolute atomic E-state index is 4.36. The van der Waals surface area contributed by atoms with Gasteiger partial charge in [-0.05, 0) is 44.4 Å². The van der Waals surface area contributed by atoms with Crippen LogP contribution < -0.4 is 5.32 Å². The van der Waals surface area contributed by atoms with Gasteiger partial charge >= 0.3 is 0 Å². The lowest BCUT2D eigenvalue weighted by molar-refractivity contribution is 0.217. The minimum absolute atomic E-state index is 0.442. The third-order valence-electron chi connectivity index (χ3n) is 4.46. The van der Waals surface area contributed by atoms with Gasteiger partial charge in [0.1, 0.15) is 0 Å². The summed E-state index contributed by atoms with van der Waals surface area (Å²) in [4.78, 5) is 5.76. The van der Waals surface area contributed by atoms with Gasteiger partial charge in [0, 0.05) is 17.5 Å². The van der Waals surface area contributed by atoms with Gasteiger partial charge in [-0.3, -0.25) is 0 Å². The molecule has 0 aliphatic heterocycles. The van der Waals surface area contributed by atoms with Crippen LogP contribution in [0.5, 0.6) is 0 Å². The summed E-state index contributed by atoms with van der Waals surface area (Å²) in [7, 11) is 0. The summed E-state index contributed by atoms with van der Waals surface area (Å²) >= 11 is 1.78. The summed E-state index contributed by atoms with van der Waals surface area (Å²) in [6.07, 6.45) is 7.03. The highest BCUT2D eigenvalue weighted by atomic mass is 32.1. The molecule has 0 bridgehead atoms. The number of nitrogens with zero attached hydrogens (tertiary/aromatic N) is 1. The van der Waals surface area contributed by atoms with E-state index >= 15 is 0 Å². The Labute approximate surface area is 122 Å². The van der Waals surface area contributed by atoms with Gasteiger partial charge in [0.05, 0.1) is 11.2 Å². The normalized spacial score (nSPS) is 20.1. The van der Waals surface area contributed by atoms with E-state index in [-0.39, 0.29) is 0 Å². The minimum Gasteiger partial charge on any atom is -0.309 e. The highest BCUT2D eigenvalue weighted by Gasteiger charge is 2.34. The maximum Gasteiger partial charge on any atom is 0.0798 e. The van der Waals surface area contributed by atoms with E-state index in [9.17, 15) is 0 Å². The van der Waals surface area contributed by atoms with Crippen LogP contribution in [-0.2, 0) is 0 Å². The zero-order chi connectivity index (χ0) is 13.9. The molecule has 0 saturated heterocycles. The van der Waals surface area contributed by atoms with Gasteiger partial charge in [-0.15, -0.1) is 11.3 Å². The van der Waals surface area contributed by atoms with Crippen LogP contribution in [0.2, 0.25) is 0 Å². The number of rotatable bonds is 6. The van der Waals surface area contributed by atoms with Crippen LogP contribution >= 0.6 is 11.3 Å². The molecule has 0 radical (unpaired) electrons. The average Bonchev–Trinajstić information content (AvgIpc) is 2.95. The summed E-state index contributed by atoms with van der Waals surface area (Å²) < 4.78 is 0. The van der Waals surface area contributed by atoms with Crippen molar-refractivity contribution in [3.63, 3.8) is 0 Å². The lowest BCUT2D eigenvalue weighted by Gasteiger charge is -2.32. The first-order chi connectivity index (χ1) is 9.02. The lowest BCUT2D eigenvalue weighted by atomic mass is 9.78. The molecule has 19 heavy (non-hydrogen) atoms. The molecule has 1 fully saturated rings. The zero-order valence-corrected chi connectivity index (χ0v) is 13.6. The van der Waals surface area contributed by atoms with E-state index in [0.29, 0.717) is 11.5 Å². The molecule has 0 aromatic carbocycles. The molecule has 3 heteroatoms. The molecular formula is C16H28N2S. The smallest absolute Gasteiger partial charge is 0.0798 e. The van der Waals surface area contributed by atoms with E-state index in [4.69, 9.17) is 0 Å². The Hall–Kier alpha value is -0.410. The van der Waals surface area contributed by atoms with Gasteiger partial charge in [0.15, 0.2) is 0 Å². The number of aryl methyl sites for hydroxylation is 1. The maximum atomic E-state index is 4.36. The minimum atomic E-state index is 0.442. The van der Waals surface area contributed by atoms with Crippen molar-refractivity contribution >= 4 is 11.3 Å². The van der Waals surface area contributed by atoms with Crippen LogP contribution in [0.4, 0.5) is 0 Å². The summed E-state index contributed by atoms with van der Waals surface area (Å²) in [5.41, 5.74) is 3.71. The molecule has 1 aliphatic carbocycles. The molecular weight excluding hydrogens is 252 g/mol. The Bertz CT molecular complexity index is 391. The van der Waals surface area contributed by atoms with Gasteiger partial charge in [-0.25, -0.2) is 4.98 Å². The first-order valence-corrected chi connectivity index (χ1v) is 8.54. The van der Waals surface area contributed by atoms with Gasteiger partial charge in [-0.1, -0.05) is 26.7 Å². The van der Waals surface area contributed by atoms with Gasteiger partial charge < -0.3 is 5.32 Å². The molecule has 1 aliphatic rings. The largest absolute Gasteiger partial charge is 0.309 e. The quantitative estimate of drug-likeness (QED) is 0.816. The third kappa shape index (κ3) is 3.79. The second-order valence-corrected chi connectivity index (χ2v) is 7.60. The van der Waals surface area contributed by atoms with E-state index < -0.39 is 0 Å². The number of thiazole rings is 1. The Kier molecular flexibility index (Phi) is 5.02. The average molecular weight is 280 g/mol. The van der Waals surface area contributed by atoms with E-state index in [1.807, 2.05) is 5.51 Å². The molecule has 1 saturated carbocycles. The Balaban J connectivity index is 1.94. The Morgan fingerprint density at radius 3 is 2.53 bits per heavy atom. The number of aromatic nitrogens is 1. The van der Waals surface area contributed by atoms with Gasteiger partial charge in [-0.2, -0.15) is 0 Å². The van der Waals surface area contributed by atoms with Gasteiger partial charge in [0.25, 0.3) is 0 Å². The molecule has 1 heterocycles. The lowest BCUT2D eigenvalue weighted by Crippen LogP contribution is -2.34. The second-order valence-electron chi connectivity index (χ2n) is 6.71. The third-order valence-corrected chi connectivity index (χ3v) is 5.58. The summed E-state index contributed by atoms with van der Waals surface area (Å²) in [6, 6.07) is 0.442. The topological polar surface area (TPSA) is 24.9 Å². The first kappa shape index (κ1) is 15.0. The SMILES string of the molecule is Cc1ncsc1C(C)NCC1(CC(C)C)CCCC1. The zero-order valence-electron chi connectivity index (χ0n) is 12.8.